The van der Waals surface area contributed by atoms with E-state index in [1.807, 2.05) is 12.1 Å². The minimum atomic E-state index is 0.524. The molecule has 1 atom stereocenters. The second kappa shape index (κ2) is 5.93. The predicted molar refractivity (Wildman–Crippen MR) is 58.6 cm³/mol. The van der Waals surface area contributed by atoms with Crippen LogP contribution < -0.4 is 5.32 Å². The van der Waals surface area contributed by atoms with Gasteiger partial charge in [-0.3, -0.25) is 0 Å². The lowest BCUT2D eigenvalue weighted by Crippen LogP contribution is -2.16. The Bertz CT molecular complexity index is 253. The highest BCUT2D eigenvalue weighted by atomic mass is 16.5. The zero-order valence-corrected chi connectivity index (χ0v) is 9.08. The van der Waals surface area contributed by atoms with Crippen molar-refractivity contribution in [1.82, 2.24) is 5.32 Å². The summed E-state index contributed by atoms with van der Waals surface area (Å²) >= 11 is 0. The molecule has 1 aromatic heterocycles. The minimum Gasteiger partial charge on any atom is -0.468 e. The van der Waals surface area contributed by atoms with E-state index >= 15 is 0 Å². The summed E-state index contributed by atoms with van der Waals surface area (Å²) in [7, 11) is 0. The highest BCUT2D eigenvalue weighted by Crippen LogP contribution is 2.16. The maximum atomic E-state index is 5.56. The van der Waals surface area contributed by atoms with Gasteiger partial charge in [-0.1, -0.05) is 0 Å². The van der Waals surface area contributed by atoms with Crippen molar-refractivity contribution in [3.8, 4) is 0 Å². The number of ether oxygens (including phenoxy) is 1. The van der Waals surface area contributed by atoms with Crippen LogP contribution in [0.15, 0.2) is 22.8 Å². The Morgan fingerprint density at radius 1 is 1.47 bits per heavy atom. The van der Waals surface area contributed by atoms with Crippen molar-refractivity contribution in [2.75, 3.05) is 13.2 Å². The molecule has 2 heterocycles. The van der Waals surface area contributed by atoms with E-state index < -0.39 is 0 Å². The molecule has 15 heavy (non-hydrogen) atoms. The number of nitrogens with one attached hydrogen (secondary N) is 1. The standard InChI is InChI=1S/C12H19NO2/c1(4-11-5-2-8-14-11)7-13-10-12-6-3-9-15-12/h3,6,9,11,13H,1-2,4-5,7-8,10H2. The van der Waals surface area contributed by atoms with Gasteiger partial charge < -0.3 is 14.5 Å². The minimum absolute atomic E-state index is 0.524. The normalized spacial score (nSPS) is 20.9. The molecule has 1 aromatic rings. The molecule has 1 fully saturated rings. The second-order valence-electron chi connectivity index (χ2n) is 4.03. The maximum absolute atomic E-state index is 5.56. The summed E-state index contributed by atoms with van der Waals surface area (Å²) in [6.45, 7) is 2.84. The second-order valence-corrected chi connectivity index (χ2v) is 4.03. The Kier molecular flexibility index (Phi) is 4.23. The lowest BCUT2D eigenvalue weighted by atomic mass is 10.1. The summed E-state index contributed by atoms with van der Waals surface area (Å²) in [6, 6.07) is 3.91. The molecule has 1 saturated heterocycles. The first-order valence-electron chi connectivity index (χ1n) is 5.80. The summed E-state index contributed by atoms with van der Waals surface area (Å²) in [5.74, 6) is 1.01. The third-order valence-corrected chi connectivity index (χ3v) is 2.78. The highest BCUT2D eigenvalue weighted by Gasteiger charge is 2.14. The smallest absolute Gasteiger partial charge is 0.117 e. The van der Waals surface area contributed by atoms with Crippen LogP contribution in [-0.4, -0.2) is 19.3 Å². The summed E-state index contributed by atoms with van der Waals surface area (Å²) < 4.78 is 10.8. The number of furan rings is 1. The van der Waals surface area contributed by atoms with Gasteiger partial charge in [-0.25, -0.2) is 0 Å². The van der Waals surface area contributed by atoms with Gasteiger partial charge in [0.1, 0.15) is 5.76 Å². The van der Waals surface area contributed by atoms with Gasteiger partial charge in [-0.05, 0) is 44.4 Å². The topological polar surface area (TPSA) is 34.4 Å². The molecule has 0 spiro atoms. The lowest BCUT2D eigenvalue weighted by Gasteiger charge is -2.08. The first-order chi connectivity index (χ1) is 7.45. The van der Waals surface area contributed by atoms with Crippen molar-refractivity contribution >= 4 is 0 Å². The van der Waals surface area contributed by atoms with Crippen LogP contribution in [0.2, 0.25) is 0 Å². The van der Waals surface area contributed by atoms with E-state index in [1.54, 1.807) is 6.26 Å². The van der Waals surface area contributed by atoms with Crippen molar-refractivity contribution in [3.05, 3.63) is 24.2 Å². The van der Waals surface area contributed by atoms with E-state index in [2.05, 4.69) is 5.32 Å². The van der Waals surface area contributed by atoms with Crippen LogP contribution in [0.5, 0.6) is 0 Å². The van der Waals surface area contributed by atoms with Gasteiger partial charge >= 0.3 is 0 Å². The molecule has 1 N–H and O–H groups in total. The predicted octanol–water partition coefficient (Wildman–Crippen LogP) is 2.33. The fraction of sp³-hybridized carbons (Fsp3) is 0.667. The molecule has 0 aromatic carbocycles. The van der Waals surface area contributed by atoms with Crippen LogP contribution in [0.25, 0.3) is 0 Å². The lowest BCUT2D eigenvalue weighted by molar-refractivity contribution is 0.102. The van der Waals surface area contributed by atoms with Gasteiger partial charge in [-0.15, -0.1) is 0 Å². The molecule has 3 nitrogen and oxygen atoms in total. The highest BCUT2D eigenvalue weighted by molar-refractivity contribution is 4.97. The van der Waals surface area contributed by atoms with E-state index in [1.165, 1.54) is 25.7 Å². The first-order valence-corrected chi connectivity index (χ1v) is 5.80. The molecular weight excluding hydrogens is 190 g/mol. The molecule has 1 aliphatic heterocycles. The first kappa shape index (κ1) is 10.7. The molecule has 3 heteroatoms. The largest absolute Gasteiger partial charge is 0.468 e. The Balaban J connectivity index is 1.48. The molecule has 1 unspecified atom stereocenters. The van der Waals surface area contributed by atoms with Gasteiger partial charge in [0.2, 0.25) is 0 Å². The third-order valence-electron chi connectivity index (χ3n) is 2.78. The van der Waals surface area contributed by atoms with Gasteiger partial charge in [0.15, 0.2) is 0 Å². The number of hydrogen-bond donors (Lipinski definition) is 1. The molecule has 2 rings (SSSR count). The van der Waals surface area contributed by atoms with Crippen LogP contribution in [0.3, 0.4) is 0 Å². The Labute approximate surface area is 90.8 Å². The van der Waals surface area contributed by atoms with Crippen molar-refractivity contribution in [2.24, 2.45) is 0 Å². The molecule has 0 aliphatic carbocycles. The zero-order chi connectivity index (χ0) is 10.3. The van der Waals surface area contributed by atoms with Crippen LogP contribution in [-0.2, 0) is 11.3 Å². The van der Waals surface area contributed by atoms with Crippen molar-refractivity contribution < 1.29 is 9.15 Å². The van der Waals surface area contributed by atoms with Crippen LogP contribution in [0.1, 0.15) is 31.4 Å². The van der Waals surface area contributed by atoms with Gasteiger partial charge in [0.25, 0.3) is 0 Å². The van der Waals surface area contributed by atoms with Crippen LogP contribution in [0.4, 0.5) is 0 Å². The quantitative estimate of drug-likeness (QED) is 0.730. The summed E-state index contributed by atoms with van der Waals surface area (Å²) in [5, 5.41) is 3.36. The average molecular weight is 209 g/mol. The Morgan fingerprint density at radius 3 is 3.20 bits per heavy atom. The molecular formula is C12H19NO2. The number of hydrogen-bond acceptors (Lipinski definition) is 3. The van der Waals surface area contributed by atoms with E-state index in [0.717, 1.165) is 25.5 Å². The van der Waals surface area contributed by atoms with Gasteiger partial charge in [0, 0.05) is 6.61 Å². The maximum Gasteiger partial charge on any atom is 0.117 e. The fourth-order valence-electron chi connectivity index (χ4n) is 1.95. The zero-order valence-electron chi connectivity index (χ0n) is 9.08. The van der Waals surface area contributed by atoms with E-state index in [0.29, 0.717) is 6.10 Å². The van der Waals surface area contributed by atoms with Crippen molar-refractivity contribution in [2.45, 2.75) is 38.3 Å². The van der Waals surface area contributed by atoms with E-state index in [-0.39, 0.29) is 0 Å². The number of rotatable bonds is 6. The molecule has 0 bridgehead atoms. The third kappa shape index (κ3) is 3.68. The molecule has 0 amide bonds. The summed E-state index contributed by atoms with van der Waals surface area (Å²) in [6.07, 6.45) is 7.10. The van der Waals surface area contributed by atoms with Crippen LogP contribution in [0, 0.1) is 0 Å². The molecule has 0 saturated carbocycles. The Hall–Kier alpha value is -0.800. The molecule has 0 radical (unpaired) electrons. The monoisotopic (exact) mass is 209 g/mol. The van der Waals surface area contributed by atoms with Crippen molar-refractivity contribution in [3.63, 3.8) is 0 Å². The SMILES string of the molecule is c1coc(CNCCCC2CCCO2)c1. The molecule has 1 aliphatic rings. The Morgan fingerprint density at radius 2 is 2.47 bits per heavy atom. The van der Waals surface area contributed by atoms with E-state index in [4.69, 9.17) is 9.15 Å². The summed E-state index contributed by atoms with van der Waals surface area (Å²) in [4.78, 5) is 0. The van der Waals surface area contributed by atoms with Crippen molar-refractivity contribution in [1.29, 1.82) is 0 Å². The van der Waals surface area contributed by atoms with E-state index in [9.17, 15) is 0 Å². The average Bonchev–Trinajstić information content (AvgIpc) is 2.88. The summed E-state index contributed by atoms with van der Waals surface area (Å²) in [5.41, 5.74) is 0. The fourth-order valence-corrected chi connectivity index (χ4v) is 1.95. The molecule has 84 valence electrons. The van der Waals surface area contributed by atoms with Crippen LogP contribution >= 0.6 is 0 Å². The van der Waals surface area contributed by atoms with Gasteiger partial charge in [0.05, 0.1) is 18.9 Å². The van der Waals surface area contributed by atoms with Gasteiger partial charge in [-0.2, -0.15) is 0 Å².